The van der Waals surface area contributed by atoms with Gasteiger partial charge in [0, 0.05) is 22.4 Å². The molecule has 1 amide bonds. The Labute approximate surface area is 155 Å². The average molecular weight is 370 g/mol. The molecule has 0 saturated heterocycles. The number of nitrogens with one attached hydrogen (secondary N) is 1. The van der Waals surface area contributed by atoms with Crippen molar-refractivity contribution in [1.82, 2.24) is 0 Å². The predicted molar refractivity (Wildman–Crippen MR) is 97.6 cm³/mol. The number of hydrogen-bond acceptors (Lipinski definition) is 5. The summed E-state index contributed by atoms with van der Waals surface area (Å²) < 4.78 is 24.8. The first-order valence-corrected chi connectivity index (χ1v) is 8.50. The molecule has 0 bridgehead atoms. The van der Waals surface area contributed by atoms with E-state index in [1.54, 1.807) is 18.2 Å². The summed E-state index contributed by atoms with van der Waals surface area (Å²) in [6, 6.07) is 8.76. The smallest absolute Gasteiger partial charge is 0.266 e. The van der Waals surface area contributed by atoms with Gasteiger partial charge in [-0.15, -0.1) is 0 Å². The van der Waals surface area contributed by atoms with Crippen LogP contribution in [0.3, 0.4) is 0 Å². The molecule has 0 spiro atoms. The first-order chi connectivity index (χ1) is 12.7. The summed E-state index contributed by atoms with van der Waals surface area (Å²) in [7, 11) is 1.44. The van der Waals surface area contributed by atoms with Gasteiger partial charge >= 0.3 is 0 Å². The molecule has 4 rings (SSSR count). The molecule has 0 saturated carbocycles. The van der Waals surface area contributed by atoms with Crippen molar-refractivity contribution >= 4 is 17.5 Å². The van der Waals surface area contributed by atoms with Crippen LogP contribution in [-0.2, 0) is 15.1 Å². The average Bonchev–Trinajstić information content (AvgIpc) is 3.12. The lowest BCUT2D eigenvalue weighted by molar-refractivity contribution is -0.129. The number of nitrogens with zero attached hydrogens (tertiary/aromatic N) is 1. The van der Waals surface area contributed by atoms with Gasteiger partial charge in [0.2, 0.25) is 5.90 Å². The fraction of sp³-hybridized carbons (Fsp3) is 0.300. The Balaban J connectivity index is 1.90. The van der Waals surface area contributed by atoms with Crippen molar-refractivity contribution in [3.63, 3.8) is 0 Å². The Morgan fingerprint density at radius 1 is 1.22 bits per heavy atom. The maximum Gasteiger partial charge on any atom is 0.266 e. The number of aliphatic hydroxyl groups is 1. The number of carbonyl (C=O) groups is 1. The molecule has 2 aromatic carbocycles. The highest BCUT2D eigenvalue weighted by Gasteiger charge is 2.49. The SMILES string of the molecule is COc1ccc(C2=NC(C)(C)CO2)cc1C1(O)C(=O)Nc2ccc(F)cc21. The quantitative estimate of drug-likeness (QED) is 0.870. The molecule has 2 heterocycles. The molecule has 0 radical (unpaired) electrons. The highest BCUT2D eigenvalue weighted by Crippen LogP contribution is 2.44. The molecule has 2 aliphatic heterocycles. The zero-order chi connectivity index (χ0) is 19.4. The van der Waals surface area contributed by atoms with Crippen LogP contribution in [-0.4, -0.2) is 36.2 Å². The Bertz CT molecular complexity index is 986. The van der Waals surface area contributed by atoms with Crippen LogP contribution in [0.4, 0.5) is 10.1 Å². The van der Waals surface area contributed by atoms with E-state index >= 15 is 0 Å². The molecule has 27 heavy (non-hydrogen) atoms. The van der Waals surface area contributed by atoms with Gasteiger partial charge in [0.15, 0.2) is 5.60 Å². The number of fused-ring (bicyclic) bond motifs is 1. The second kappa shape index (κ2) is 5.79. The highest BCUT2D eigenvalue weighted by atomic mass is 19.1. The van der Waals surface area contributed by atoms with E-state index < -0.39 is 17.3 Å². The van der Waals surface area contributed by atoms with Crippen LogP contribution in [0.1, 0.15) is 30.5 Å². The standard InChI is InChI=1S/C20H19FN2O4/c1-19(2)10-27-17(23-19)11-4-7-16(26-3)14(8-11)20(25)13-9-12(21)5-6-15(13)22-18(20)24/h4-9,25H,10H2,1-3H3,(H,22,24). The van der Waals surface area contributed by atoms with E-state index in [1.807, 2.05) is 13.8 Å². The molecule has 6 nitrogen and oxygen atoms in total. The van der Waals surface area contributed by atoms with Crippen molar-refractivity contribution < 1.29 is 23.8 Å². The molecule has 2 N–H and O–H groups in total. The minimum Gasteiger partial charge on any atom is -0.496 e. The van der Waals surface area contributed by atoms with Gasteiger partial charge in [-0.05, 0) is 50.2 Å². The lowest BCUT2D eigenvalue weighted by Crippen LogP contribution is -2.36. The largest absolute Gasteiger partial charge is 0.496 e. The third-order valence-electron chi connectivity index (χ3n) is 4.75. The van der Waals surface area contributed by atoms with Crippen LogP contribution in [0, 0.1) is 5.82 Å². The number of carbonyl (C=O) groups excluding carboxylic acids is 1. The molecule has 2 aliphatic rings. The lowest BCUT2D eigenvalue weighted by atomic mass is 9.86. The summed E-state index contributed by atoms with van der Waals surface area (Å²) in [5.74, 6) is -0.506. The fourth-order valence-electron chi connectivity index (χ4n) is 3.38. The third kappa shape index (κ3) is 2.66. The highest BCUT2D eigenvalue weighted by molar-refractivity contribution is 6.08. The molecule has 2 aromatic rings. The van der Waals surface area contributed by atoms with Crippen molar-refractivity contribution in [2.45, 2.75) is 25.0 Å². The first-order valence-electron chi connectivity index (χ1n) is 8.50. The lowest BCUT2D eigenvalue weighted by Gasteiger charge is -2.24. The molecule has 140 valence electrons. The van der Waals surface area contributed by atoms with Gasteiger partial charge in [0.05, 0.1) is 12.6 Å². The predicted octanol–water partition coefficient (Wildman–Crippen LogP) is 2.58. The van der Waals surface area contributed by atoms with E-state index in [9.17, 15) is 14.3 Å². The zero-order valence-electron chi connectivity index (χ0n) is 15.2. The molecule has 7 heteroatoms. The Kier molecular flexibility index (Phi) is 3.75. The Morgan fingerprint density at radius 2 is 2.00 bits per heavy atom. The minimum absolute atomic E-state index is 0.137. The van der Waals surface area contributed by atoms with Crippen LogP contribution in [0.2, 0.25) is 0 Å². The van der Waals surface area contributed by atoms with Crippen LogP contribution in [0.5, 0.6) is 5.75 Å². The van der Waals surface area contributed by atoms with Crippen molar-refractivity contribution in [1.29, 1.82) is 0 Å². The van der Waals surface area contributed by atoms with Gasteiger partial charge in [-0.3, -0.25) is 4.79 Å². The van der Waals surface area contributed by atoms with E-state index in [1.165, 1.54) is 19.2 Å². The maximum absolute atomic E-state index is 13.8. The number of rotatable bonds is 3. The Hall–Kier alpha value is -2.93. The van der Waals surface area contributed by atoms with Gasteiger partial charge in [-0.1, -0.05) is 0 Å². The van der Waals surface area contributed by atoms with Crippen LogP contribution in [0.15, 0.2) is 41.4 Å². The topological polar surface area (TPSA) is 80.2 Å². The van der Waals surface area contributed by atoms with Crippen molar-refractivity contribution in [3.05, 3.63) is 58.9 Å². The van der Waals surface area contributed by atoms with Gasteiger partial charge in [-0.25, -0.2) is 9.38 Å². The van der Waals surface area contributed by atoms with E-state index in [4.69, 9.17) is 9.47 Å². The van der Waals surface area contributed by atoms with E-state index in [0.29, 0.717) is 29.5 Å². The van der Waals surface area contributed by atoms with Crippen LogP contribution in [0.25, 0.3) is 0 Å². The number of benzene rings is 2. The van der Waals surface area contributed by atoms with Gasteiger partial charge in [0.1, 0.15) is 18.2 Å². The molecule has 1 atom stereocenters. The fourth-order valence-corrected chi connectivity index (χ4v) is 3.38. The molecular weight excluding hydrogens is 351 g/mol. The van der Waals surface area contributed by atoms with Gasteiger partial charge < -0.3 is 19.9 Å². The summed E-state index contributed by atoms with van der Waals surface area (Å²) in [6.45, 7) is 4.32. The molecule has 0 aromatic heterocycles. The van der Waals surface area contributed by atoms with E-state index in [0.717, 1.165) is 6.07 Å². The van der Waals surface area contributed by atoms with E-state index in [2.05, 4.69) is 10.3 Å². The van der Waals surface area contributed by atoms with Crippen molar-refractivity contribution in [2.75, 3.05) is 19.0 Å². The maximum atomic E-state index is 13.8. The number of halogens is 1. The van der Waals surface area contributed by atoms with Crippen LogP contribution < -0.4 is 10.1 Å². The summed E-state index contributed by atoms with van der Waals surface area (Å²) in [6.07, 6.45) is 0. The normalized spacial score (nSPS) is 22.7. The van der Waals surface area contributed by atoms with E-state index in [-0.39, 0.29) is 16.7 Å². The summed E-state index contributed by atoms with van der Waals surface area (Å²) in [4.78, 5) is 17.2. The number of anilines is 1. The Morgan fingerprint density at radius 3 is 2.67 bits per heavy atom. The van der Waals surface area contributed by atoms with Crippen molar-refractivity contribution in [3.8, 4) is 5.75 Å². The monoisotopic (exact) mass is 370 g/mol. The number of ether oxygens (including phenoxy) is 2. The van der Waals surface area contributed by atoms with Crippen LogP contribution >= 0.6 is 0 Å². The van der Waals surface area contributed by atoms with Gasteiger partial charge in [-0.2, -0.15) is 0 Å². The minimum atomic E-state index is -2.09. The molecule has 1 unspecified atom stereocenters. The summed E-state index contributed by atoms with van der Waals surface area (Å²) in [5, 5.41) is 13.9. The summed E-state index contributed by atoms with van der Waals surface area (Å²) in [5.41, 5.74) is -1.16. The summed E-state index contributed by atoms with van der Waals surface area (Å²) >= 11 is 0. The second-order valence-electron chi connectivity index (χ2n) is 7.29. The first kappa shape index (κ1) is 17.5. The number of methoxy groups -OCH3 is 1. The second-order valence-corrected chi connectivity index (χ2v) is 7.29. The number of amides is 1. The number of aliphatic imine (C=N–C) groups is 1. The third-order valence-corrected chi connectivity index (χ3v) is 4.75. The zero-order valence-corrected chi connectivity index (χ0v) is 15.2. The molecule has 0 aliphatic carbocycles. The molecular formula is C20H19FN2O4. The van der Waals surface area contributed by atoms with Crippen molar-refractivity contribution in [2.24, 2.45) is 4.99 Å². The molecule has 0 fully saturated rings. The van der Waals surface area contributed by atoms with Gasteiger partial charge in [0.25, 0.3) is 5.91 Å². The number of hydrogen-bond donors (Lipinski definition) is 2.